The average Bonchev–Trinajstić information content (AvgIpc) is 3.13. The molecule has 0 aliphatic heterocycles. The van der Waals surface area contributed by atoms with E-state index in [0.29, 0.717) is 24.1 Å². The summed E-state index contributed by atoms with van der Waals surface area (Å²) in [5.74, 6) is -0.328. The summed E-state index contributed by atoms with van der Waals surface area (Å²) in [6, 6.07) is 0. The van der Waals surface area contributed by atoms with Gasteiger partial charge in [0.2, 0.25) is 0 Å². The van der Waals surface area contributed by atoms with E-state index in [9.17, 15) is 14.3 Å². The van der Waals surface area contributed by atoms with E-state index in [-0.39, 0.29) is 25.8 Å². The molecule has 324 valence electrons. The molecule has 0 saturated heterocycles. The van der Waals surface area contributed by atoms with Crippen molar-refractivity contribution in [2.24, 2.45) is 0 Å². The second-order valence-electron chi connectivity index (χ2n) is 16.4. The van der Waals surface area contributed by atoms with Crippen molar-refractivity contribution in [1.29, 1.82) is 0 Å². The molecule has 0 fully saturated rings. The lowest BCUT2D eigenvalue weighted by Gasteiger charge is -2.24. The third-order valence-electron chi connectivity index (χ3n) is 9.65. The molecule has 55 heavy (non-hydrogen) atoms. The predicted molar refractivity (Wildman–Crippen MR) is 233 cm³/mol. The number of esters is 1. The van der Waals surface area contributed by atoms with Crippen molar-refractivity contribution in [2.75, 3.05) is 54.1 Å². The summed E-state index contributed by atoms with van der Waals surface area (Å²) in [7, 11) is 1.66. The average molecular weight is 799 g/mol. The van der Waals surface area contributed by atoms with Crippen LogP contribution < -0.4 is 0 Å². The Morgan fingerprint density at radius 2 is 1.04 bits per heavy atom. The molecule has 0 rings (SSSR count). The number of unbranched alkanes of at least 4 members (excludes halogenated alkanes) is 22. The van der Waals surface area contributed by atoms with E-state index in [4.69, 9.17) is 18.5 Å². The number of ether oxygens (including phenoxy) is 2. The highest BCUT2D eigenvalue weighted by molar-refractivity contribution is 7.47. The van der Waals surface area contributed by atoms with Crippen LogP contribution in [0.1, 0.15) is 194 Å². The zero-order valence-electron chi connectivity index (χ0n) is 36.7. The fraction of sp³-hybridized carbons (Fsp3) is 0.848. The zero-order valence-corrected chi connectivity index (χ0v) is 37.6. The van der Waals surface area contributed by atoms with Crippen LogP contribution in [-0.2, 0) is 27.9 Å². The molecule has 2 atom stereocenters. The number of likely N-dealkylation sites (N-methyl/N-ethyl adjacent to an activating group) is 1. The van der Waals surface area contributed by atoms with Crippen molar-refractivity contribution in [3.05, 3.63) is 36.5 Å². The lowest BCUT2D eigenvalue weighted by molar-refractivity contribution is -0.870. The summed E-state index contributed by atoms with van der Waals surface area (Å²) in [6.45, 7) is 5.54. The van der Waals surface area contributed by atoms with E-state index in [1.807, 2.05) is 21.1 Å². The first-order valence-electron chi connectivity index (χ1n) is 22.7. The van der Waals surface area contributed by atoms with E-state index >= 15 is 0 Å². The highest BCUT2D eigenvalue weighted by atomic mass is 31.2. The van der Waals surface area contributed by atoms with Gasteiger partial charge in [0.05, 0.1) is 34.4 Å². The van der Waals surface area contributed by atoms with Crippen LogP contribution >= 0.6 is 7.82 Å². The fourth-order valence-electron chi connectivity index (χ4n) is 6.11. The fourth-order valence-corrected chi connectivity index (χ4v) is 6.86. The standard InChI is InChI=1S/C46H88NO7P/c1-6-8-10-12-14-16-18-20-21-22-23-24-25-26-28-30-32-34-36-38-41-51-43-45(44-53-55(49,50)52-42-40-47(3,4)5)54-46(48)39-37-35-33-31-29-27-19-17-15-13-11-9-7-2/h11,13,17,19-21,45H,6-10,12,14-16,18,22-44H2,1-5H3/p+1/b13-11-,19-17-,21-20-. The van der Waals surface area contributed by atoms with Crippen LogP contribution in [0.3, 0.4) is 0 Å². The molecular formula is C46H89NO7P+. The Kier molecular flexibility index (Phi) is 38.6. The summed E-state index contributed by atoms with van der Waals surface area (Å²) in [5, 5.41) is 0. The molecule has 0 radical (unpaired) electrons. The van der Waals surface area contributed by atoms with Crippen molar-refractivity contribution in [1.82, 2.24) is 0 Å². The predicted octanol–water partition coefficient (Wildman–Crippen LogP) is 13.4. The zero-order chi connectivity index (χ0) is 40.6. The van der Waals surface area contributed by atoms with E-state index in [1.54, 1.807) is 0 Å². The first-order chi connectivity index (χ1) is 26.6. The SMILES string of the molecule is CCC/C=C\C/C=C\CCCCCCCC(=O)OC(COCCCCCCCCCCCC/C=C\CCCCCCCC)COP(=O)(O)OCC[N+](C)(C)C. The minimum absolute atomic E-state index is 0.0855. The maximum absolute atomic E-state index is 12.7. The number of carbonyl (C=O) groups excluding carboxylic acids is 1. The molecule has 0 aliphatic carbocycles. The van der Waals surface area contributed by atoms with Gasteiger partial charge in [-0.05, 0) is 64.2 Å². The van der Waals surface area contributed by atoms with Gasteiger partial charge < -0.3 is 18.9 Å². The molecule has 0 aromatic rings. The van der Waals surface area contributed by atoms with Crippen LogP contribution in [0.4, 0.5) is 0 Å². The summed E-state index contributed by atoms with van der Waals surface area (Å²) in [6.07, 6.45) is 46.1. The molecule has 8 nitrogen and oxygen atoms in total. The van der Waals surface area contributed by atoms with Crippen LogP contribution in [0.5, 0.6) is 0 Å². The first-order valence-corrected chi connectivity index (χ1v) is 24.2. The van der Waals surface area contributed by atoms with Crippen LogP contribution in [0, 0.1) is 0 Å². The molecule has 0 bridgehead atoms. The Bertz CT molecular complexity index is 978. The lowest BCUT2D eigenvalue weighted by Crippen LogP contribution is -2.37. The number of carbonyl (C=O) groups is 1. The van der Waals surface area contributed by atoms with E-state index in [1.165, 1.54) is 109 Å². The van der Waals surface area contributed by atoms with Crippen molar-refractivity contribution < 1.29 is 37.3 Å². The molecule has 0 aliphatic rings. The topological polar surface area (TPSA) is 91.3 Å². The molecule has 0 aromatic carbocycles. The lowest BCUT2D eigenvalue weighted by atomic mass is 10.1. The first kappa shape index (κ1) is 53.7. The summed E-state index contributed by atoms with van der Waals surface area (Å²) < 4.78 is 35.0. The highest BCUT2D eigenvalue weighted by Crippen LogP contribution is 2.43. The van der Waals surface area contributed by atoms with Crippen LogP contribution in [-0.4, -0.2) is 75.6 Å². The number of hydrogen-bond donors (Lipinski definition) is 1. The Morgan fingerprint density at radius 3 is 1.56 bits per heavy atom. The van der Waals surface area contributed by atoms with Crippen LogP contribution in [0.2, 0.25) is 0 Å². The van der Waals surface area contributed by atoms with Gasteiger partial charge >= 0.3 is 13.8 Å². The molecule has 0 saturated carbocycles. The molecule has 0 spiro atoms. The quantitative estimate of drug-likeness (QED) is 0.0216. The number of quaternary nitrogens is 1. The van der Waals surface area contributed by atoms with Gasteiger partial charge in [0.25, 0.3) is 0 Å². The summed E-state index contributed by atoms with van der Waals surface area (Å²) in [4.78, 5) is 22.9. The summed E-state index contributed by atoms with van der Waals surface area (Å²) >= 11 is 0. The maximum Gasteiger partial charge on any atom is 0.472 e. The van der Waals surface area contributed by atoms with E-state index in [0.717, 1.165) is 64.2 Å². The van der Waals surface area contributed by atoms with Gasteiger partial charge in [-0.2, -0.15) is 0 Å². The molecule has 2 unspecified atom stereocenters. The third-order valence-corrected chi connectivity index (χ3v) is 10.6. The van der Waals surface area contributed by atoms with E-state index < -0.39 is 13.9 Å². The molecule has 1 N–H and O–H groups in total. The Balaban J connectivity index is 4.18. The Morgan fingerprint density at radius 1 is 0.564 bits per heavy atom. The number of rotatable bonds is 42. The highest BCUT2D eigenvalue weighted by Gasteiger charge is 2.26. The number of phosphoric ester groups is 1. The number of nitrogens with zero attached hydrogens (tertiary/aromatic N) is 1. The normalized spacial score (nSPS) is 14.1. The second-order valence-corrected chi connectivity index (χ2v) is 17.9. The van der Waals surface area contributed by atoms with Gasteiger partial charge in [-0.15, -0.1) is 0 Å². The maximum atomic E-state index is 12.7. The van der Waals surface area contributed by atoms with E-state index in [2.05, 4.69) is 50.3 Å². The molecule has 9 heteroatoms. The molecular weight excluding hydrogens is 709 g/mol. The van der Waals surface area contributed by atoms with Crippen LogP contribution in [0.25, 0.3) is 0 Å². The van der Waals surface area contributed by atoms with Gasteiger partial charge in [-0.3, -0.25) is 13.8 Å². The third kappa shape index (κ3) is 43.7. The Hall–Kier alpha value is -1.28. The molecule has 0 heterocycles. The van der Waals surface area contributed by atoms with Crippen molar-refractivity contribution in [2.45, 2.75) is 200 Å². The molecule has 0 amide bonds. The summed E-state index contributed by atoms with van der Waals surface area (Å²) in [5.41, 5.74) is 0. The Labute approximate surface area is 340 Å². The van der Waals surface area contributed by atoms with Gasteiger partial charge in [0.1, 0.15) is 19.3 Å². The van der Waals surface area contributed by atoms with Gasteiger partial charge in [-0.1, -0.05) is 159 Å². The number of hydrogen-bond acceptors (Lipinski definition) is 6. The van der Waals surface area contributed by atoms with Gasteiger partial charge in [0, 0.05) is 13.0 Å². The number of phosphoric acid groups is 1. The van der Waals surface area contributed by atoms with Crippen molar-refractivity contribution >= 4 is 13.8 Å². The minimum Gasteiger partial charge on any atom is -0.457 e. The van der Waals surface area contributed by atoms with Crippen molar-refractivity contribution in [3.63, 3.8) is 0 Å². The smallest absolute Gasteiger partial charge is 0.457 e. The van der Waals surface area contributed by atoms with Crippen LogP contribution in [0.15, 0.2) is 36.5 Å². The second kappa shape index (κ2) is 39.5. The van der Waals surface area contributed by atoms with Gasteiger partial charge in [0.15, 0.2) is 0 Å². The largest absolute Gasteiger partial charge is 0.472 e. The minimum atomic E-state index is -4.28. The van der Waals surface area contributed by atoms with Crippen molar-refractivity contribution in [3.8, 4) is 0 Å². The number of allylic oxidation sites excluding steroid dienone is 6. The van der Waals surface area contributed by atoms with Gasteiger partial charge in [-0.25, -0.2) is 4.57 Å². The monoisotopic (exact) mass is 799 g/mol. The molecule has 0 aromatic heterocycles.